The van der Waals surface area contributed by atoms with E-state index in [0.29, 0.717) is 6.04 Å². The molecule has 2 saturated heterocycles. The lowest BCUT2D eigenvalue weighted by molar-refractivity contribution is -0.140. The van der Waals surface area contributed by atoms with Crippen molar-refractivity contribution >= 4 is 5.91 Å². The van der Waals surface area contributed by atoms with Gasteiger partial charge in [-0.25, -0.2) is 0 Å². The van der Waals surface area contributed by atoms with Crippen LogP contribution in [0.2, 0.25) is 0 Å². The lowest BCUT2D eigenvalue weighted by atomic mass is 9.85. The molecule has 0 aliphatic carbocycles. The molecule has 0 saturated carbocycles. The Balaban J connectivity index is 2.05. The lowest BCUT2D eigenvalue weighted by Gasteiger charge is -2.43. The third kappa shape index (κ3) is 2.33. The highest BCUT2D eigenvalue weighted by molar-refractivity contribution is 5.84. The molecule has 2 heterocycles. The van der Waals surface area contributed by atoms with Gasteiger partial charge in [-0.2, -0.15) is 0 Å². The van der Waals surface area contributed by atoms with Crippen LogP contribution in [0.1, 0.15) is 46.0 Å². The van der Waals surface area contributed by atoms with Crippen molar-refractivity contribution in [3.63, 3.8) is 0 Å². The first-order valence-electron chi connectivity index (χ1n) is 6.82. The van der Waals surface area contributed by atoms with Gasteiger partial charge in [-0.05, 0) is 32.1 Å². The summed E-state index contributed by atoms with van der Waals surface area (Å²) in [5.41, 5.74) is 5.77. The largest absolute Gasteiger partial charge is 0.375 e. The van der Waals surface area contributed by atoms with E-state index in [2.05, 4.69) is 13.8 Å². The molecule has 2 aliphatic heterocycles. The van der Waals surface area contributed by atoms with Crippen LogP contribution >= 0.6 is 0 Å². The first kappa shape index (κ1) is 12.8. The Morgan fingerprint density at radius 1 is 1.41 bits per heavy atom. The molecule has 2 rings (SSSR count). The predicted octanol–water partition coefficient (Wildman–Crippen LogP) is 1.28. The predicted molar refractivity (Wildman–Crippen MR) is 66.6 cm³/mol. The molecule has 4 nitrogen and oxygen atoms in total. The molecular formula is C13H24N2O2. The summed E-state index contributed by atoms with van der Waals surface area (Å²) < 4.78 is 5.95. The second-order valence-corrected chi connectivity index (χ2v) is 5.31. The van der Waals surface area contributed by atoms with Gasteiger partial charge in [0.15, 0.2) is 0 Å². The Kier molecular flexibility index (Phi) is 3.73. The SMILES string of the molecule is CCC1(CC)CC(N2CCC(N)C2=O)CCO1. The zero-order valence-corrected chi connectivity index (χ0v) is 10.9. The van der Waals surface area contributed by atoms with Crippen LogP contribution in [-0.2, 0) is 9.53 Å². The van der Waals surface area contributed by atoms with Crippen molar-refractivity contribution in [1.29, 1.82) is 0 Å². The standard InChI is InChI=1S/C13H24N2O2/c1-3-13(4-2)9-10(6-8-17-13)15-7-5-11(14)12(15)16/h10-11H,3-9,14H2,1-2H3. The van der Waals surface area contributed by atoms with Gasteiger partial charge in [0.25, 0.3) is 0 Å². The summed E-state index contributed by atoms with van der Waals surface area (Å²) in [7, 11) is 0. The van der Waals surface area contributed by atoms with Crippen molar-refractivity contribution in [2.24, 2.45) is 5.73 Å². The summed E-state index contributed by atoms with van der Waals surface area (Å²) >= 11 is 0. The zero-order chi connectivity index (χ0) is 12.5. The summed E-state index contributed by atoms with van der Waals surface area (Å²) in [5.74, 6) is 0.137. The van der Waals surface area contributed by atoms with Gasteiger partial charge in [0.05, 0.1) is 11.6 Å². The first-order chi connectivity index (χ1) is 8.12. The number of rotatable bonds is 3. The molecule has 2 aliphatic rings. The molecule has 1 amide bonds. The highest BCUT2D eigenvalue weighted by atomic mass is 16.5. The monoisotopic (exact) mass is 240 g/mol. The van der Waals surface area contributed by atoms with Crippen LogP contribution in [0.25, 0.3) is 0 Å². The van der Waals surface area contributed by atoms with Gasteiger partial charge >= 0.3 is 0 Å². The number of carbonyl (C=O) groups is 1. The molecule has 0 aromatic heterocycles. The highest BCUT2D eigenvalue weighted by Gasteiger charge is 2.41. The summed E-state index contributed by atoms with van der Waals surface area (Å²) in [4.78, 5) is 13.9. The third-order valence-corrected chi connectivity index (χ3v) is 4.48. The van der Waals surface area contributed by atoms with E-state index in [4.69, 9.17) is 10.5 Å². The average molecular weight is 240 g/mol. The van der Waals surface area contributed by atoms with Crippen LogP contribution in [0, 0.1) is 0 Å². The van der Waals surface area contributed by atoms with Crippen LogP contribution < -0.4 is 5.73 Å². The fourth-order valence-corrected chi connectivity index (χ4v) is 3.10. The van der Waals surface area contributed by atoms with Crippen molar-refractivity contribution in [3.8, 4) is 0 Å². The molecule has 2 atom stereocenters. The van der Waals surface area contributed by atoms with E-state index in [0.717, 1.165) is 45.3 Å². The molecule has 17 heavy (non-hydrogen) atoms. The number of nitrogens with two attached hydrogens (primary N) is 1. The molecule has 2 N–H and O–H groups in total. The fraction of sp³-hybridized carbons (Fsp3) is 0.923. The minimum Gasteiger partial charge on any atom is -0.375 e. The summed E-state index contributed by atoms with van der Waals surface area (Å²) in [5, 5.41) is 0. The Hall–Kier alpha value is -0.610. The summed E-state index contributed by atoms with van der Waals surface area (Å²) in [6.45, 7) is 5.94. The van der Waals surface area contributed by atoms with Gasteiger partial charge in [0, 0.05) is 19.2 Å². The molecule has 2 fully saturated rings. The molecule has 0 aromatic rings. The number of carbonyl (C=O) groups excluding carboxylic acids is 1. The van der Waals surface area contributed by atoms with E-state index < -0.39 is 0 Å². The van der Waals surface area contributed by atoms with Crippen molar-refractivity contribution in [2.45, 2.75) is 63.6 Å². The van der Waals surface area contributed by atoms with Gasteiger partial charge in [0.1, 0.15) is 0 Å². The lowest BCUT2D eigenvalue weighted by Crippen LogP contribution is -2.50. The van der Waals surface area contributed by atoms with Gasteiger partial charge < -0.3 is 15.4 Å². The van der Waals surface area contributed by atoms with Crippen molar-refractivity contribution in [3.05, 3.63) is 0 Å². The van der Waals surface area contributed by atoms with E-state index in [1.165, 1.54) is 0 Å². The highest BCUT2D eigenvalue weighted by Crippen LogP contribution is 2.34. The van der Waals surface area contributed by atoms with Crippen LogP contribution in [0.3, 0.4) is 0 Å². The minimum atomic E-state index is -0.268. The second-order valence-electron chi connectivity index (χ2n) is 5.31. The van der Waals surface area contributed by atoms with Crippen molar-refractivity contribution in [2.75, 3.05) is 13.2 Å². The average Bonchev–Trinajstić information content (AvgIpc) is 2.70. The zero-order valence-electron chi connectivity index (χ0n) is 10.9. The maximum Gasteiger partial charge on any atom is 0.239 e. The van der Waals surface area contributed by atoms with Crippen LogP contribution in [0.5, 0.6) is 0 Å². The number of hydrogen-bond donors (Lipinski definition) is 1. The first-order valence-corrected chi connectivity index (χ1v) is 6.82. The van der Waals surface area contributed by atoms with Crippen LogP contribution in [0.4, 0.5) is 0 Å². The molecule has 4 heteroatoms. The molecule has 0 bridgehead atoms. The quantitative estimate of drug-likeness (QED) is 0.808. The van der Waals surface area contributed by atoms with Crippen molar-refractivity contribution in [1.82, 2.24) is 4.90 Å². The van der Waals surface area contributed by atoms with E-state index >= 15 is 0 Å². The van der Waals surface area contributed by atoms with Gasteiger partial charge in [-0.3, -0.25) is 4.79 Å². The molecule has 0 radical (unpaired) electrons. The Morgan fingerprint density at radius 3 is 2.65 bits per heavy atom. The number of nitrogens with zero attached hydrogens (tertiary/aromatic N) is 1. The van der Waals surface area contributed by atoms with E-state index in [-0.39, 0.29) is 17.6 Å². The molecule has 2 unspecified atom stereocenters. The smallest absolute Gasteiger partial charge is 0.239 e. The van der Waals surface area contributed by atoms with Gasteiger partial charge in [0.2, 0.25) is 5.91 Å². The van der Waals surface area contributed by atoms with Gasteiger partial charge in [-0.15, -0.1) is 0 Å². The second kappa shape index (κ2) is 4.94. The van der Waals surface area contributed by atoms with Crippen LogP contribution in [-0.4, -0.2) is 41.6 Å². The van der Waals surface area contributed by atoms with E-state index in [1.807, 2.05) is 4.90 Å². The maximum atomic E-state index is 12.0. The maximum absolute atomic E-state index is 12.0. The normalized spacial score (nSPS) is 33.1. The summed E-state index contributed by atoms with van der Waals surface area (Å²) in [6, 6.07) is 0.0696. The molecule has 0 spiro atoms. The number of amides is 1. The Bertz CT molecular complexity index is 289. The fourth-order valence-electron chi connectivity index (χ4n) is 3.10. The Labute approximate surface area is 103 Å². The third-order valence-electron chi connectivity index (χ3n) is 4.48. The Morgan fingerprint density at radius 2 is 2.12 bits per heavy atom. The van der Waals surface area contributed by atoms with Gasteiger partial charge in [-0.1, -0.05) is 13.8 Å². The van der Waals surface area contributed by atoms with Crippen molar-refractivity contribution < 1.29 is 9.53 Å². The minimum absolute atomic E-state index is 0.0180. The molecular weight excluding hydrogens is 216 g/mol. The molecule has 98 valence electrons. The molecule has 0 aromatic carbocycles. The van der Waals surface area contributed by atoms with Crippen LogP contribution in [0.15, 0.2) is 0 Å². The number of hydrogen-bond acceptors (Lipinski definition) is 3. The van der Waals surface area contributed by atoms with E-state index in [9.17, 15) is 4.79 Å². The van der Waals surface area contributed by atoms with E-state index in [1.54, 1.807) is 0 Å². The summed E-state index contributed by atoms with van der Waals surface area (Å²) in [6.07, 6.45) is 4.78. The topological polar surface area (TPSA) is 55.6 Å². The number of likely N-dealkylation sites (tertiary alicyclic amines) is 1. The number of ether oxygens (including phenoxy) is 1.